The Labute approximate surface area is 106 Å². The highest BCUT2D eigenvalue weighted by molar-refractivity contribution is 5.40. The summed E-state index contributed by atoms with van der Waals surface area (Å²) in [6, 6.07) is 6.14. The molecule has 2 aromatic rings. The standard InChI is InChI=1S/C14H17FN2O/c1-8-9(2)18-10(3)13(8)14(17-16)11-5-4-6-12(15)7-11/h4-7,14,17H,16H2,1-3H3. The van der Waals surface area contributed by atoms with Gasteiger partial charge in [-0.05, 0) is 44.0 Å². The number of aryl methyl sites for hydroxylation is 2. The fourth-order valence-electron chi connectivity index (χ4n) is 2.27. The summed E-state index contributed by atoms with van der Waals surface area (Å²) in [7, 11) is 0. The number of benzene rings is 1. The molecule has 3 nitrogen and oxygen atoms in total. The maximum atomic E-state index is 13.3. The molecule has 96 valence electrons. The van der Waals surface area contributed by atoms with Crippen molar-refractivity contribution in [2.24, 2.45) is 5.84 Å². The molecular formula is C14H17FN2O. The van der Waals surface area contributed by atoms with Crippen molar-refractivity contribution in [2.75, 3.05) is 0 Å². The molecule has 3 N–H and O–H groups in total. The summed E-state index contributed by atoms with van der Waals surface area (Å²) in [4.78, 5) is 0. The first-order valence-corrected chi connectivity index (χ1v) is 5.82. The molecular weight excluding hydrogens is 231 g/mol. The third kappa shape index (κ3) is 2.17. The van der Waals surface area contributed by atoms with Crippen molar-refractivity contribution in [2.45, 2.75) is 26.8 Å². The van der Waals surface area contributed by atoms with Crippen LogP contribution in [-0.2, 0) is 0 Å². The molecule has 4 heteroatoms. The Bertz CT molecular complexity index is 563. The van der Waals surface area contributed by atoms with Gasteiger partial charge in [-0.15, -0.1) is 0 Å². The highest BCUT2D eigenvalue weighted by Gasteiger charge is 2.21. The zero-order valence-electron chi connectivity index (χ0n) is 10.8. The fraction of sp³-hybridized carbons (Fsp3) is 0.286. The lowest BCUT2D eigenvalue weighted by Crippen LogP contribution is -2.29. The molecule has 1 atom stereocenters. The Morgan fingerprint density at radius 2 is 1.94 bits per heavy atom. The van der Waals surface area contributed by atoms with Crippen molar-refractivity contribution in [1.29, 1.82) is 0 Å². The minimum atomic E-state index is -0.275. The number of nitrogens with two attached hydrogens (primary N) is 1. The van der Waals surface area contributed by atoms with Gasteiger partial charge in [-0.1, -0.05) is 12.1 Å². The monoisotopic (exact) mass is 248 g/mol. The molecule has 1 heterocycles. The highest BCUT2D eigenvalue weighted by atomic mass is 19.1. The number of hydrazine groups is 1. The second-order valence-corrected chi connectivity index (χ2v) is 4.41. The van der Waals surface area contributed by atoms with Crippen LogP contribution in [0.5, 0.6) is 0 Å². The summed E-state index contributed by atoms with van der Waals surface area (Å²) in [5.74, 6) is 7.01. The minimum absolute atomic E-state index is 0.266. The normalized spacial score (nSPS) is 12.7. The molecule has 0 bridgehead atoms. The Morgan fingerprint density at radius 1 is 1.22 bits per heavy atom. The molecule has 1 unspecified atom stereocenters. The first-order chi connectivity index (χ1) is 8.54. The van der Waals surface area contributed by atoms with E-state index in [1.54, 1.807) is 6.07 Å². The smallest absolute Gasteiger partial charge is 0.123 e. The lowest BCUT2D eigenvalue weighted by atomic mass is 9.96. The number of hydrogen-bond donors (Lipinski definition) is 2. The van der Waals surface area contributed by atoms with E-state index in [4.69, 9.17) is 10.3 Å². The Morgan fingerprint density at radius 3 is 2.44 bits per heavy atom. The van der Waals surface area contributed by atoms with E-state index in [2.05, 4.69) is 5.43 Å². The van der Waals surface area contributed by atoms with Crippen LogP contribution < -0.4 is 11.3 Å². The largest absolute Gasteiger partial charge is 0.466 e. The van der Waals surface area contributed by atoms with E-state index >= 15 is 0 Å². The van der Waals surface area contributed by atoms with E-state index in [1.165, 1.54) is 12.1 Å². The van der Waals surface area contributed by atoms with E-state index in [1.807, 2.05) is 26.8 Å². The van der Waals surface area contributed by atoms with Gasteiger partial charge in [-0.3, -0.25) is 5.84 Å². The number of nitrogens with one attached hydrogen (secondary N) is 1. The van der Waals surface area contributed by atoms with Crippen LogP contribution in [0, 0.1) is 26.6 Å². The van der Waals surface area contributed by atoms with Crippen LogP contribution >= 0.6 is 0 Å². The zero-order valence-corrected chi connectivity index (χ0v) is 10.8. The van der Waals surface area contributed by atoms with Gasteiger partial charge in [0.2, 0.25) is 0 Å². The molecule has 0 spiro atoms. The third-order valence-electron chi connectivity index (χ3n) is 3.25. The van der Waals surface area contributed by atoms with Gasteiger partial charge in [0.15, 0.2) is 0 Å². The Kier molecular flexibility index (Phi) is 3.50. The molecule has 0 aliphatic heterocycles. The molecule has 0 saturated carbocycles. The van der Waals surface area contributed by atoms with Gasteiger partial charge in [0.05, 0.1) is 6.04 Å². The molecule has 2 rings (SSSR count). The average molecular weight is 248 g/mol. The van der Waals surface area contributed by atoms with Crippen molar-refractivity contribution < 1.29 is 8.81 Å². The van der Waals surface area contributed by atoms with Crippen molar-refractivity contribution in [3.05, 3.63) is 58.3 Å². The molecule has 0 saturated heterocycles. The van der Waals surface area contributed by atoms with Crippen LogP contribution in [0.15, 0.2) is 28.7 Å². The van der Waals surface area contributed by atoms with Crippen LogP contribution in [0.1, 0.15) is 34.3 Å². The van der Waals surface area contributed by atoms with Gasteiger partial charge in [-0.2, -0.15) is 0 Å². The molecule has 0 fully saturated rings. The predicted molar refractivity (Wildman–Crippen MR) is 68.5 cm³/mol. The lowest BCUT2D eigenvalue weighted by molar-refractivity contribution is 0.493. The van der Waals surface area contributed by atoms with E-state index in [9.17, 15) is 4.39 Å². The van der Waals surface area contributed by atoms with Crippen molar-refractivity contribution in [3.63, 3.8) is 0 Å². The van der Waals surface area contributed by atoms with E-state index in [0.29, 0.717) is 0 Å². The van der Waals surface area contributed by atoms with Crippen molar-refractivity contribution in [3.8, 4) is 0 Å². The highest BCUT2D eigenvalue weighted by Crippen LogP contribution is 2.31. The number of hydrogen-bond acceptors (Lipinski definition) is 3. The summed E-state index contributed by atoms with van der Waals surface area (Å²) in [5, 5.41) is 0. The number of rotatable bonds is 3. The van der Waals surface area contributed by atoms with Gasteiger partial charge in [-0.25, -0.2) is 9.82 Å². The van der Waals surface area contributed by atoms with Gasteiger partial charge in [0.25, 0.3) is 0 Å². The summed E-state index contributed by atoms with van der Waals surface area (Å²) < 4.78 is 18.9. The van der Waals surface area contributed by atoms with Crippen molar-refractivity contribution in [1.82, 2.24) is 5.43 Å². The van der Waals surface area contributed by atoms with Gasteiger partial charge in [0, 0.05) is 5.56 Å². The molecule has 0 radical (unpaired) electrons. The fourth-order valence-corrected chi connectivity index (χ4v) is 2.27. The lowest BCUT2D eigenvalue weighted by Gasteiger charge is -2.17. The van der Waals surface area contributed by atoms with E-state index < -0.39 is 0 Å². The van der Waals surface area contributed by atoms with Crippen LogP contribution in [0.2, 0.25) is 0 Å². The molecule has 0 aliphatic rings. The zero-order chi connectivity index (χ0) is 13.3. The summed E-state index contributed by atoms with van der Waals surface area (Å²) in [6.45, 7) is 5.77. The second kappa shape index (κ2) is 4.92. The molecule has 1 aromatic heterocycles. The van der Waals surface area contributed by atoms with E-state index in [-0.39, 0.29) is 11.9 Å². The van der Waals surface area contributed by atoms with Gasteiger partial charge >= 0.3 is 0 Å². The maximum Gasteiger partial charge on any atom is 0.123 e. The summed E-state index contributed by atoms with van der Waals surface area (Å²) >= 11 is 0. The molecule has 1 aromatic carbocycles. The van der Waals surface area contributed by atoms with E-state index in [0.717, 1.165) is 28.2 Å². The molecule has 0 amide bonds. The third-order valence-corrected chi connectivity index (χ3v) is 3.25. The number of halogens is 1. The van der Waals surface area contributed by atoms with Gasteiger partial charge in [0.1, 0.15) is 17.3 Å². The Hall–Kier alpha value is -1.65. The SMILES string of the molecule is Cc1oc(C)c(C(NN)c2cccc(F)c2)c1C. The van der Waals surface area contributed by atoms with Crippen LogP contribution in [-0.4, -0.2) is 0 Å². The molecule has 0 aliphatic carbocycles. The van der Waals surface area contributed by atoms with Crippen LogP contribution in [0.4, 0.5) is 4.39 Å². The second-order valence-electron chi connectivity index (χ2n) is 4.41. The maximum absolute atomic E-state index is 13.3. The van der Waals surface area contributed by atoms with Crippen LogP contribution in [0.3, 0.4) is 0 Å². The predicted octanol–water partition coefficient (Wildman–Crippen LogP) is 2.90. The quantitative estimate of drug-likeness (QED) is 0.648. The first-order valence-electron chi connectivity index (χ1n) is 5.82. The first kappa shape index (κ1) is 12.8. The molecule has 18 heavy (non-hydrogen) atoms. The summed E-state index contributed by atoms with van der Waals surface area (Å²) in [6.07, 6.45) is 0. The average Bonchev–Trinajstić information content (AvgIpc) is 2.57. The van der Waals surface area contributed by atoms with Gasteiger partial charge < -0.3 is 4.42 Å². The van der Waals surface area contributed by atoms with Crippen LogP contribution in [0.25, 0.3) is 0 Å². The topological polar surface area (TPSA) is 51.2 Å². The minimum Gasteiger partial charge on any atom is -0.466 e. The number of furan rings is 1. The Balaban J connectivity index is 2.52. The van der Waals surface area contributed by atoms with Crippen molar-refractivity contribution >= 4 is 0 Å². The summed E-state index contributed by atoms with van der Waals surface area (Å²) in [5.41, 5.74) is 5.53.